The fraction of sp³-hybridized carbons (Fsp3) is 0.455. The molecular weight excluding hydrogens is 604 g/mol. The van der Waals surface area contributed by atoms with Crippen molar-refractivity contribution in [3.8, 4) is 22.8 Å². The minimum absolute atomic E-state index is 0.0205. The average Bonchev–Trinajstić information content (AvgIpc) is 3.56. The largest absolute Gasteiger partial charge is 0.484 e. The van der Waals surface area contributed by atoms with Gasteiger partial charge in [0.05, 0.1) is 29.8 Å². The second-order valence-corrected chi connectivity index (χ2v) is 12.3. The molecule has 1 heterocycles. The van der Waals surface area contributed by atoms with Gasteiger partial charge in [-0.15, -0.1) is 0 Å². The van der Waals surface area contributed by atoms with Gasteiger partial charge in [0, 0.05) is 23.7 Å². The number of hydrogen-bond donors (Lipinski definition) is 1. The van der Waals surface area contributed by atoms with Gasteiger partial charge >= 0.3 is 12.1 Å². The maximum atomic E-state index is 15.1. The fourth-order valence-corrected chi connectivity index (χ4v) is 6.59. The van der Waals surface area contributed by atoms with Crippen LogP contribution in [0.5, 0.6) is 11.6 Å². The highest BCUT2D eigenvalue weighted by Crippen LogP contribution is 2.62. The van der Waals surface area contributed by atoms with Crippen molar-refractivity contribution in [2.45, 2.75) is 76.4 Å². The van der Waals surface area contributed by atoms with E-state index in [9.17, 15) is 27.5 Å². The van der Waals surface area contributed by atoms with Crippen LogP contribution in [0.3, 0.4) is 0 Å². The van der Waals surface area contributed by atoms with E-state index in [2.05, 4.69) is 4.98 Å². The molecule has 0 bridgehead atoms. The van der Waals surface area contributed by atoms with Crippen LogP contribution in [0, 0.1) is 29.3 Å². The molecule has 6 rings (SSSR count). The second kappa shape index (κ2) is 11.5. The van der Waals surface area contributed by atoms with E-state index in [1.165, 1.54) is 0 Å². The van der Waals surface area contributed by atoms with Crippen LogP contribution in [0.4, 0.5) is 26.3 Å². The number of aromatic nitrogens is 1. The number of nitrogens with zero attached hydrogens (tertiary/aromatic N) is 1. The molecule has 1 N–H and O–H groups in total. The third-order valence-electron chi connectivity index (χ3n) is 9.01. The van der Waals surface area contributed by atoms with E-state index < -0.39 is 64.4 Å². The Morgan fingerprint density at radius 3 is 2.38 bits per heavy atom. The molecule has 0 radical (unpaired) electrons. The maximum absolute atomic E-state index is 15.1. The number of carbonyl (C=O) groups is 1. The van der Waals surface area contributed by atoms with Gasteiger partial charge in [-0.1, -0.05) is 0 Å². The van der Waals surface area contributed by atoms with Crippen molar-refractivity contribution in [3.05, 3.63) is 76.2 Å². The lowest BCUT2D eigenvalue weighted by atomic mass is 9.85. The SMILES string of the molecule is CCOC(=O)[C@H]1[C@@H]2Cc3cc(OCc4cc(-c5cc(F)c(O[C@H]6CC[C@@](C)(O)CC6)c(F)c5)c(C(F)(F)F)cc4F)ncc3[C@@H]21. The van der Waals surface area contributed by atoms with Crippen molar-refractivity contribution < 1.29 is 50.5 Å². The number of aliphatic hydroxyl groups is 1. The first-order valence-corrected chi connectivity index (χ1v) is 14.8. The van der Waals surface area contributed by atoms with Crippen molar-refractivity contribution in [2.75, 3.05) is 6.61 Å². The highest BCUT2D eigenvalue weighted by molar-refractivity contribution is 5.79. The molecule has 3 aromatic rings. The molecule has 0 unspecified atom stereocenters. The third-order valence-corrected chi connectivity index (χ3v) is 9.01. The Bertz CT molecular complexity index is 1610. The Morgan fingerprint density at radius 1 is 1.04 bits per heavy atom. The van der Waals surface area contributed by atoms with Crippen LogP contribution in [0.25, 0.3) is 11.1 Å². The standard InChI is InChI=1S/C33H31F6NO5/c1-3-43-31(41)29-21-8-16-12-27(40-14-22(16)28(21)29)44-15-18-9-20(23(13-24(18)34)33(37,38)39)17-10-25(35)30(26(36)11-17)45-19-4-6-32(2,42)7-5-19/h9-14,19,21,28-29,42H,3-8,15H2,1-2H3/t19-,21-,28-,29+,32+/m1/s1. The van der Waals surface area contributed by atoms with Gasteiger partial charge in [0.25, 0.3) is 0 Å². The van der Waals surface area contributed by atoms with Crippen LogP contribution in [0.15, 0.2) is 36.5 Å². The predicted molar refractivity (Wildman–Crippen MR) is 149 cm³/mol. The van der Waals surface area contributed by atoms with Gasteiger partial charge in [0.2, 0.25) is 5.88 Å². The summed E-state index contributed by atoms with van der Waals surface area (Å²) in [6.07, 6.45) is -1.98. The Morgan fingerprint density at radius 2 is 1.73 bits per heavy atom. The van der Waals surface area contributed by atoms with E-state index in [-0.39, 0.29) is 41.2 Å². The third kappa shape index (κ3) is 6.21. The fourth-order valence-electron chi connectivity index (χ4n) is 6.59. The molecule has 240 valence electrons. The Balaban J connectivity index is 1.22. The molecule has 3 atom stereocenters. The summed E-state index contributed by atoms with van der Waals surface area (Å²) >= 11 is 0. The predicted octanol–water partition coefficient (Wildman–Crippen LogP) is 7.28. The molecule has 2 saturated carbocycles. The summed E-state index contributed by atoms with van der Waals surface area (Å²) in [4.78, 5) is 16.4. The maximum Gasteiger partial charge on any atom is 0.417 e. The summed E-state index contributed by atoms with van der Waals surface area (Å²) in [5.41, 5.74) is -1.85. The van der Waals surface area contributed by atoms with E-state index in [4.69, 9.17) is 14.2 Å². The summed E-state index contributed by atoms with van der Waals surface area (Å²) in [6.45, 7) is 3.20. The highest BCUT2D eigenvalue weighted by atomic mass is 19.4. The lowest BCUT2D eigenvalue weighted by molar-refractivity contribution is -0.145. The molecule has 6 nitrogen and oxygen atoms in total. The monoisotopic (exact) mass is 635 g/mol. The summed E-state index contributed by atoms with van der Waals surface area (Å²) in [5.74, 6) is -4.54. The number of benzene rings is 2. The highest BCUT2D eigenvalue weighted by Gasteiger charge is 2.60. The minimum atomic E-state index is -5.03. The first kappa shape index (κ1) is 31.2. The zero-order valence-corrected chi connectivity index (χ0v) is 24.5. The first-order chi connectivity index (χ1) is 21.3. The number of hydrogen-bond acceptors (Lipinski definition) is 6. The van der Waals surface area contributed by atoms with Crippen molar-refractivity contribution >= 4 is 5.97 Å². The van der Waals surface area contributed by atoms with Crippen LogP contribution in [0.2, 0.25) is 0 Å². The Hall–Kier alpha value is -3.80. The van der Waals surface area contributed by atoms with E-state index in [1.807, 2.05) is 0 Å². The number of alkyl halides is 3. The number of pyridine rings is 1. The molecular formula is C33H31F6NO5. The number of fused-ring (bicyclic) bond motifs is 3. The number of halogens is 6. The van der Waals surface area contributed by atoms with Crippen molar-refractivity contribution in [1.82, 2.24) is 4.98 Å². The van der Waals surface area contributed by atoms with Gasteiger partial charge in [0.15, 0.2) is 17.4 Å². The van der Waals surface area contributed by atoms with Crippen LogP contribution in [0.1, 0.15) is 67.7 Å². The summed E-state index contributed by atoms with van der Waals surface area (Å²) in [5, 5.41) is 10.1. The van der Waals surface area contributed by atoms with Gasteiger partial charge in [-0.3, -0.25) is 4.79 Å². The molecule has 2 fully saturated rings. The molecule has 0 saturated heterocycles. The number of rotatable bonds is 8. The normalized spacial score (nSPS) is 25.4. The van der Waals surface area contributed by atoms with E-state index in [0.29, 0.717) is 38.7 Å². The summed E-state index contributed by atoms with van der Waals surface area (Å²) in [7, 11) is 0. The number of ether oxygens (including phenoxy) is 3. The quantitative estimate of drug-likeness (QED) is 0.207. The van der Waals surface area contributed by atoms with E-state index >= 15 is 8.78 Å². The van der Waals surface area contributed by atoms with Crippen molar-refractivity contribution in [2.24, 2.45) is 11.8 Å². The summed E-state index contributed by atoms with van der Waals surface area (Å²) in [6, 6.07) is 4.25. The molecule has 0 aliphatic heterocycles. The lowest BCUT2D eigenvalue weighted by Crippen LogP contribution is -2.35. The zero-order chi connectivity index (χ0) is 32.3. The molecule has 45 heavy (non-hydrogen) atoms. The number of esters is 1. The minimum Gasteiger partial charge on any atom is -0.484 e. The number of carbonyl (C=O) groups excluding carboxylic acids is 1. The molecule has 3 aliphatic carbocycles. The Labute approximate surface area is 255 Å². The molecule has 3 aliphatic rings. The van der Waals surface area contributed by atoms with Crippen molar-refractivity contribution in [3.63, 3.8) is 0 Å². The molecule has 0 spiro atoms. The Kier molecular flexibility index (Phi) is 7.99. The van der Waals surface area contributed by atoms with Gasteiger partial charge in [-0.05, 0) is 98.4 Å². The lowest BCUT2D eigenvalue weighted by Gasteiger charge is -2.33. The molecule has 2 aromatic carbocycles. The van der Waals surface area contributed by atoms with E-state index in [1.54, 1.807) is 26.1 Å². The molecule has 1 aromatic heterocycles. The smallest absolute Gasteiger partial charge is 0.417 e. The van der Waals surface area contributed by atoms with Crippen LogP contribution < -0.4 is 9.47 Å². The zero-order valence-electron chi connectivity index (χ0n) is 24.5. The van der Waals surface area contributed by atoms with Gasteiger partial charge < -0.3 is 19.3 Å². The van der Waals surface area contributed by atoms with Gasteiger partial charge in [-0.25, -0.2) is 18.2 Å². The van der Waals surface area contributed by atoms with Gasteiger partial charge in [-0.2, -0.15) is 13.2 Å². The average molecular weight is 636 g/mol. The van der Waals surface area contributed by atoms with Crippen molar-refractivity contribution in [1.29, 1.82) is 0 Å². The second-order valence-electron chi connectivity index (χ2n) is 12.3. The van der Waals surface area contributed by atoms with Crippen LogP contribution in [-0.2, 0) is 28.7 Å². The molecule has 12 heteroatoms. The van der Waals surface area contributed by atoms with E-state index in [0.717, 1.165) is 29.3 Å². The first-order valence-electron chi connectivity index (χ1n) is 14.8. The van der Waals surface area contributed by atoms with Crippen LogP contribution in [-0.4, -0.2) is 34.4 Å². The topological polar surface area (TPSA) is 77.9 Å². The summed E-state index contributed by atoms with van der Waals surface area (Å²) < 4.78 is 103. The van der Waals surface area contributed by atoms with Gasteiger partial charge in [0.1, 0.15) is 12.4 Å². The van der Waals surface area contributed by atoms with Crippen LogP contribution >= 0.6 is 0 Å². The molecule has 0 amide bonds.